The molecular formula is C65H57ClO5S4. The van der Waals surface area contributed by atoms with Crippen LogP contribution in [-0.2, 0) is 12.8 Å². The number of aryl methyl sites for hydroxylation is 2. The highest BCUT2D eigenvalue weighted by atomic mass is 35.5. The van der Waals surface area contributed by atoms with Gasteiger partial charge in [-0.15, -0.1) is 45.3 Å². The van der Waals surface area contributed by atoms with E-state index in [0.717, 1.165) is 82.8 Å². The molecule has 4 aromatic heterocycles. The first-order valence-corrected chi connectivity index (χ1v) is 29.0. The Kier molecular flexibility index (Phi) is 16.4. The van der Waals surface area contributed by atoms with E-state index in [-0.39, 0.29) is 27.8 Å². The average molecular weight is 1080 g/mol. The van der Waals surface area contributed by atoms with Crippen LogP contribution in [0.2, 0.25) is 5.02 Å². The number of ether oxygens (including phenoxy) is 1. The number of fused-ring (bicyclic) bond motifs is 8. The molecule has 0 fully saturated rings. The second-order valence-corrected chi connectivity index (χ2v) is 24.0. The van der Waals surface area contributed by atoms with Crippen LogP contribution in [0.4, 0.5) is 0 Å². The fraction of sp³-hybridized carbons (Fsp3) is 0.200. The summed E-state index contributed by atoms with van der Waals surface area (Å²) >= 11 is 12.9. The Bertz CT molecular complexity index is 4360. The van der Waals surface area contributed by atoms with E-state index in [1.54, 1.807) is 40.1 Å². The van der Waals surface area contributed by atoms with Crippen molar-refractivity contribution in [2.75, 3.05) is 0 Å². The molecule has 0 aliphatic carbocycles. The van der Waals surface area contributed by atoms with Crippen LogP contribution in [0, 0.1) is 0 Å². The molecule has 0 atom stereocenters. The van der Waals surface area contributed by atoms with Crippen LogP contribution in [0.1, 0.15) is 89.5 Å². The number of hydrogen-bond acceptors (Lipinski definition) is 9. The molecule has 0 unspecified atom stereocenters. The minimum Gasteiger partial charge on any atom is -0.490 e. The van der Waals surface area contributed by atoms with Gasteiger partial charge < -0.3 is 4.74 Å². The van der Waals surface area contributed by atoms with Gasteiger partial charge >= 0.3 is 0 Å². The van der Waals surface area contributed by atoms with Gasteiger partial charge in [-0.2, -0.15) is 0 Å². The fourth-order valence-corrected chi connectivity index (χ4v) is 13.9. The highest BCUT2D eigenvalue weighted by molar-refractivity contribution is 7.26. The van der Waals surface area contributed by atoms with Gasteiger partial charge in [0.05, 0.1) is 21.2 Å². The maximum atomic E-state index is 12.6. The quantitative estimate of drug-likeness (QED) is 0.155. The summed E-state index contributed by atoms with van der Waals surface area (Å²) in [5.74, 6) is 1.65. The largest absolute Gasteiger partial charge is 0.490 e. The van der Waals surface area contributed by atoms with E-state index < -0.39 is 0 Å². The summed E-state index contributed by atoms with van der Waals surface area (Å²) in [6.45, 7) is 16.9. The van der Waals surface area contributed by atoms with Crippen molar-refractivity contribution < 1.29 is 4.74 Å². The minimum atomic E-state index is -0.0337. The summed E-state index contributed by atoms with van der Waals surface area (Å²) in [4.78, 5) is 50.1. The first-order chi connectivity index (χ1) is 36.1. The Morgan fingerprint density at radius 2 is 0.867 bits per heavy atom. The summed E-state index contributed by atoms with van der Waals surface area (Å²) in [5.41, 5.74) is 5.50. The van der Waals surface area contributed by atoms with Crippen LogP contribution in [0.5, 0.6) is 5.75 Å². The van der Waals surface area contributed by atoms with Crippen LogP contribution in [0.15, 0.2) is 177 Å². The molecule has 0 radical (unpaired) electrons. The van der Waals surface area contributed by atoms with E-state index in [2.05, 4.69) is 77.9 Å². The summed E-state index contributed by atoms with van der Waals surface area (Å²) in [6.07, 6.45) is 1.99. The number of benzene rings is 8. The molecule has 8 aromatic carbocycles. The van der Waals surface area contributed by atoms with Gasteiger partial charge in [0.1, 0.15) is 5.75 Å². The van der Waals surface area contributed by atoms with Gasteiger partial charge in [-0.1, -0.05) is 120 Å². The van der Waals surface area contributed by atoms with Crippen LogP contribution < -0.4 is 26.5 Å². The Balaban J connectivity index is 0.000000123. The third-order valence-corrected chi connectivity index (χ3v) is 18.2. The molecule has 0 amide bonds. The molecule has 0 N–H and O–H groups in total. The first-order valence-electron chi connectivity index (χ1n) is 25.3. The van der Waals surface area contributed by atoms with Crippen molar-refractivity contribution in [3.63, 3.8) is 0 Å². The van der Waals surface area contributed by atoms with Gasteiger partial charge in [-0.25, -0.2) is 0 Å². The van der Waals surface area contributed by atoms with Crippen LogP contribution in [-0.4, -0.2) is 6.10 Å². The molecule has 0 bridgehead atoms. The van der Waals surface area contributed by atoms with Crippen LogP contribution >= 0.6 is 56.9 Å². The molecule has 12 rings (SSSR count). The Morgan fingerprint density at radius 3 is 1.41 bits per heavy atom. The fourth-order valence-electron chi connectivity index (χ4n) is 9.05. The zero-order valence-corrected chi connectivity index (χ0v) is 47.2. The average Bonchev–Trinajstić information content (AvgIpc) is 3.42. The zero-order chi connectivity index (χ0) is 53.1. The van der Waals surface area contributed by atoms with Gasteiger partial charge in [0.25, 0.3) is 0 Å². The lowest BCUT2D eigenvalue weighted by Gasteiger charge is -2.13. The first kappa shape index (κ1) is 53.2. The standard InChI is InChI=1S/C17H16OS.C16H13ClO2S.2C16H14OS/c1-3-11-9-12(4-2)17-14(10-11)16(18)13-7-5-6-8-15(13)19-17;1-9(2)19-12-8-7-11(17)14-15(18)10-5-3-4-6-13(10)20-16(12)14;1-10(2)11-7-8-15-13(9-11)16(17)12-5-3-4-6-14(12)18-15;1-10(2)11-7-8-13-15(9-11)18-14-6-4-3-5-12(14)16(13)17/h5-10H,3-4H2,1-2H3;3-9H,1-2H3;2*3-10H,1-2H3. The minimum absolute atomic E-state index is 0.0337. The molecule has 0 saturated carbocycles. The van der Waals surface area contributed by atoms with Gasteiger partial charge in [-0.3, -0.25) is 19.2 Å². The van der Waals surface area contributed by atoms with Crippen molar-refractivity contribution in [3.8, 4) is 5.75 Å². The van der Waals surface area contributed by atoms with Crippen molar-refractivity contribution in [1.82, 2.24) is 0 Å². The summed E-state index contributed by atoms with van der Waals surface area (Å²) in [6, 6.07) is 51.4. The normalized spacial score (nSPS) is 11.4. The molecule has 75 heavy (non-hydrogen) atoms. The highest BCUT2D eigenvalue weighted by Crippen LogP contribution is 2.37. The summed E-state index contributed by atoms with van der Waals surface area (Å²) < 4.78 is 14.1. The second-order valence-electron chi connectivity index (χ2n) is 19.3. The second kappa shape index (κ2) is 23.1. The lowest BCUT2D eigenvalue weighted by molar-refractivity contribution is 0.246. The molecular weight excluding hydrogens is 1020 g/mol. The zero-order valence-electron chi connectivity index (χ0n) is 43.2. The number of rotatable bonds is 6. The number of halogens is 1. The predicted molar refractivity (Wildman–Crippen MR) is 330 cm³/mol. The van der Waals surface area contributed by atoms with Gasteiger partial charge in [0.15, 0.2) is 21.7 Å². The maximum absolute atomic E-state index is 12.6. The van der Waals surface area contributed by atoms with Crippen molar-refractivity contribution in [3.05, 3.63) is 226 Å². The van der Waals surface area contributed by atoms with Crippen LogP contribution in [0.3, 0.4) is 0 Å². The van der Waals surface area contributed by atoms with E-state index in [9.17, 15) is 19.2 Å². The SMILES string of the molecule is CC(C)Oc1ccc(Cl)c2c(=O)c3ccccc3sc12.CC(C)c1ccc2c(=O)c3ccccc3sc2c1.CC(C)c1ccc2sc3ccccc3c(=O)c2c1.CCc1cc(CC)c2sc3ccccc3c(=O)c2c1. The molecule has 10 heteroatoms. The predicted octanol–water partition coefficient (Wildman–Crippen LogP) is 18.5. The number of hydrogen-bond donors (Lipinski definition) is 0. The summed E-state index contributed by atoms with van der Waals surface area (Å²) in [7, 11) is 0. The van der Waals surface area contributed by atoms with E-state index >= 15 is 0 Å². The van der Waals surface area contributed by atoms with Crippen molar-refractivity contribution in [2.24, 2.45) is 0 Å². The van der Waals surface area contributed by atoms with Crippen molar-refractivity contribution in [2.45, 2.75) is 86.2 Å². The Hall–Kier alpha value is -6.59. The van der Waals surface area contributed by atoms with Crippen molar-refractivity contribution >= 4 is 138 Å². The lowest BCUT2D eigenvalue weighted by Crippen LogP contribution is -2.07. The third kappa shape index (κ3) is 11.2. The molecule has 12 aromatic rings. The van der Waals surface area contributed by atoms with E-state index in [4.69, 9.17) is 16.3 Å². The molecule has 0 aliphatic rings. The third-order valence-electron chi connectivity index (χ3n) is 13.1. The Morgan fingerprint density at radius 1 is 0.413 bits per heavy atom. The molecule has 0 aliphatic heterocycles. The van der Waals surface area contributed by atoms with Crippen LogP contribution in [0.25, 0.3) is 80.7 Å². The van der Waals surface area contributed by atoms with E-state index in [1.807, 2.05) is 129 Å². The maximum Gasteiger partial charge on any atom is 0.197 e. The highest BCUT2D eigenvalue weighted by Gasteiger charge is 2.15. The van der Waals surface area contributed by atoms with Gasteiger partial charge in [-0.05, 0) is 152 Å². The van der Waals surface area contributed by atoms with Gasteiger partial charge in [0, 0.05) is 70.6 Å². The molecule has 0 spiro atoms. The Labute approximate surface area is 456 Å². The topological polar surface area (TPSA) is 77.5 Å². The molecule has 0 saturated heterocycles. The molecule has 5 nitrogen and oxygen atoms in total. The lowest BCUT2D eigenvalue weighted by atomic mass is 10.0. The van der Waals surface area contributed by atoms with E-state index in [0.29, 0.717) is 33.4 Å². The van der Waals surface area contributed by atoms with Gasteiger partial charge in [0.2, 0.25) is 0 Å². The monoisotopic (exact) mass is 1080 g/mol. The van der Waals surface area contributed by atoms with E-state index in [1.165, 1.54) is 33.6 Å². The summed E-state index contributed by atoms with van der Waals surface area (Å²) in [5, 5.41) is 6.80. The van der Waals surface area contributed by atoms with Crippen molar-refractivity contribution in [1.29, 1.82) is 0 Å². The smallest absolute Gasteiger partial charge is 0.197 e. The molecule has 4 heterocycles. The molecule has 378 valence electrons.